The van der Waals surface area contributed by atoms with Crippen molar-refractivity contribution < 1.29 is 19.7 Å². The van der Waals surface area contributed by atoms with Crippen LogP contribution in [0.2, 0.25) is 0 Å². The Balaban J connectivity index is 2.05. The van der Waals surface area contributed by atoms with Crippen LogP contribution in [-0.4, -0.2) is 22.0 Å². The molecule has 0 unspecified atom stereocenters. The monoisotopic (exact) mass is 222 g/mol. The molecule has 1 aromatic rings. The number of carbonyl (C=O) groups is 1. The topological polar surface area (TPSA) is 66.8 Å². The Labute approximate surface area is 93.5 Å². The molecule has 0 saturated heterocycles. The minimum atomic E-state index is -1.30. The van der Waals surface area contributed by atoms with Crippen molar-refractivity contribution in [3.8, 4) is 5.75 Å². The Kier molecular flexibility index (Phi) is 2.83. The lowest BCUT2D eigenvalue weighted by atomic mass is 10.2. The van der Waals surface area contributed by atoms with Gasteiger partial charge in [-0.05, 0) is 37.1 Å². The molecular weight excluding hydrogens is 208 g/mol. The molecule has 2 N–H and O–H groups in total. The zero-order valence-electron chi connectivity index (χ0n) is 8.85. The third-order valence-electron chi connectivity index (χ3n) is 2.77. The molecule has 0 radical (unpaired) electrons. The van der Waals surface area contributed by atoms with Gasteiger partial charge < -0.3 is 14.9 Å². The van der Waals surface area contributed by atoms with E-state index in [0.717, 1.165) is 12.8 Å². The lowest BCUT2D eigenvalue weighted by Crippen LogP contribution is -2.31. The molecule has 0 heterocycles. The Bertz CT molecular complexity index is 377. The summed E-state index contributed by atoms with van der Waals surface area (Å²) in [6, 6.07) is 5.76. The molecule has 86 valence electrons. The van der Waals surface area contributed by atoms with Gasteiger partial charge in [-0.15, -0.1) is 0 Å². The Morgan fingerprint density at radius 1 is 1.19 bits per heavy atom. The molecule has 0 atom stereocenters. The van der Waals surface area contributed by atoms with E-state index in [1.807, 2.05) is 0 Å². The number of aromatic hydroxyl groups is 1. The highest BCUT2D eigenvalue weighted by molar-refractivity contribution is 5.89. The number of aliphatic hydroxyl groups is 1. The highest BCUT2D eigenvalue weighted by Crippen LogP contribution is 2.31. The third kappa shape index (κ3) is 2.33. The van der Waals surface area contributed by atoms with Gasteiger partial charge in [0.2, 0.25) is 5.79 Å². The van der Waals surface area contributed by atoms with Crippen LogP contribution in [0.25, 0.3) is 0 Å². The van der Waals surface area contributed by atoms with Crippen LogP contribution in [0, 0.1) is 0 Å². The fraction of sp³-hybridized carbons (Fsp3) is 0.417. The molecular formula is C12H14O4. The molecule has 1 fully saturated rings. The lowest BCUT2D eigenvalue weighted by molar-refractivity contribution is -0.158. The SMILES string of the molecule is O=C(OC1(O)CCCC1)c1ccc(O)cc1. The second-order valence-electron chi connectivity index (χ2n) is 4.09. The fourth-order valence-electron chi connectivity index (χ4n) is 1.86. The summed E-state index contributed by atoms with van der Waals surface area (Å²) in [7, 11) is 0. The van der Waals surface area contributed by atoms with Gasteiger partial charge in [-0.1, -0.05) is 0 Å². The first-order valence-corrected chi connectivity index (χ1v) is 5.34. The Morgan fingerprint density at radius 3 is 2.31 bits per heavy atom. The van der Waals surface area contributed by atoms with E-state index >= 15 is 0 Å². The first kappa shape index (κ1) is 11.0. The van der Waals surface area contributed by atoms with Gasteiger partial charge in [-0.25, -0.2) is 4.79 Å². The van der Waals surface area contributed by atoms with Crippen molar-refractivity contribution in [2.75, 3.05) is 0 Å². The largest absolute Gasteiger partial charge is 0.508 e. The molecule has 1 aliphatic carbocycles. The molecule has 0 spiro atoms. The summed E-state index contributed by atoms with van der Waals surface area (Å²) >= 11 is 0. The van der Waals surface area contributed by atoms with Gasteiger partial charge in [-0.2, -0.15) is 0 Å². The van der Waals surface area contributed by atoms with E-state index in [2.05, 4.69) is 0 Å². The molecule has 1 aromatic carbocycles. The minimum Gasteiger partial charge on any atom is -0.508 e. The van der Waals surface area contributed by atoms with Crippen LogP contribution < -0.4 is 0 Å². The summed E-state index contributed by atoms with van der Waals surface area (Å²) in [4.78, 5) is 11.7. The lowest BCUT2D eigenvalue weighted by Gasteiger charge is -2.22. The van der Waals surface area contributed by atoms with Crippen molar-refractivity contribution in [3.63, 3.8) is 0 Å². The number of hydrogen-bond acceptors (Lipinski definition) is 4. The zero-order chi connectivity index (χ0) is 11.6. The summed E-state index contributed by atoms with van der Waals surface area (Å²) in [6.45, 7) is 0. The van der Waals surface area contributed by atoms with E-state index in [9.17, 15) is 9.90 Å². The van der Waals surface area contributed by atoms with E-state index < -0.39 is 11.8 Å². The standard InChI is InChI=1S/C12H14O4/c13-10-5-3-9(4-6-10)11(14)16-12(15)7-1-2-8-12/h3-6,13,15H,1-2,7-8H2. The highest BCUT2D eigenvalue weighted by atomic mass is 16.7. The van der Waals surface area contributed by atoms with E-state index in [0.29, 0.717) is 18.4 Å². The highest BCUT2D eigenvalue weighted by Gasteiger charge is 2.35. The van der Waals surface area contributed by atoms with Gasteiger partial charge in [0, 0.05) is 12.8 Å². The number of phenols is 1. The molecule has 1 saturated carbocycles. The number of rotatable bonds is 2. The molecule has 2 rings (SSSR count). The number of phenolic OH excluding ortho intramolecular Hbond substituents is 1. The summed E-state index contributed by atoms with van der Waals surface area (Å²) < 4.78 is 5.06. The van der Waals surface area contributed by atoms with Crippen molar-refractivity contribution >= 4 is 5.97 Å². The summed E-state index contributed by atoms with van der Waals surface area (Å²) in [5.41, 5.74) is 0.332. The summed E-state index contributed by atoms with van der Waals surface area (Å²) in [6.07, 6.45) is 2.74. The average molecular weight is 222 g/mol. The molecule has 1 aliphatic rings. The van der Waals surface area contributed by atoms with Crippen molar-refractivity contribution in [3.05, 3.63) is 29.8 Å². The van der Waals surface area contributed by atoms with E-state index in [4.69, 9.17) is 9.84 Å². The first-order chi connectivity index (χ1) is 7.59. The summed E-state index contributed by atoms with van der Waals surface area (Å²) in [5.74, 6) is -1.75. The van der Waals surface area contributed by atoms with Gasteiger partial charge in [0.25, 0.3) is 0 Å². The van der Waals surface area contributed by atoms with Gasteiger partial charge in [0.15, 0.2) is 0 Å². The second-order valence-corrected chi connectivity index (χ2v) is 4.09. The second kappa shape index (κ2) is 4.14. The first-order valence-electron chi connectivity index (χ1n) is 5.34. The maximum Gasteiger partial charge on any atom is 0.340 e. The van der Waals surface area contributed by atoms with Crippen LogP contribution in [0.5, 0.6) is 5.75 Å². The van der Waals surface area contributed by atoms with E-state index in [1.165, 1.54) is 24.3 Å². The van der Waals surface area contributed by atoms with Crippen molar-refractivity contribution in [1.82, 2.24) is 0 Å². The Hall–Kier alpha value is -1.55. The van der Waals surface area contributed by atoms with Crippen LogP contribution in [0.4, 0.5) is 0 Å². The van der Waals surface area contributed by atoms with Crippen LogP contribution in [0.1, 0.15) is 36.0 Å². The zero-order valence-corrected chi connectivity index (χ0v) is 8.85. The quantitative estimate of drug-likeness (QED) is 0.591. The number of esters is 1. The number of carbonyl (C=O) groups excluding carboxylic acids is 1. The van der Waals surface area contributed by atoms with Crippen LogP contribution in [0.15, 0.2) is 24.3 Å². The molecule has 0 aliphatic heterocycles. The van der Waals surface area contributed by atoms with Crippen LogP contribution in [-0.2, 0) is 4.74 Å². The molecule has 16 heavy (non-hydrogen) atoms. The van der Waals surface area contributed by atoms with Gasteiger partial charge >= 0.3 is 5.97 Å². The van der Waals surface area contributed by atoms with Crippen LogP contribution in [0.3, 0.4) is 0 Å². The smallest absolute Gasteiger partial charge is 0.340 e. The van der Waals surface area contributed by atoms with Crippen molar-refractivity contribution in [2.24, 2.45) is 0 Å². The van der Waals surface area contributed by atoms with E-state index in [1.54, 1.807) is 0 Å². The van der Waals surface area contributed by atoms with Crippen LogP contribution >= 0.6 is 0 Å². The minimum absolute atomic E-state index is 0.0936. The van der Waals surface area contributed by atoms with Gasteiger partial charge in [-0.3, -0.25) is 0 Å². The van der Waals surface area contributed by atoms with Gasteiger partial charge in [0.05, 0.1) is 5.56 Å². The normalized spacial score (nSPS) is 18.3. The average Bonchev–Trinajstić information content (AvgIpc) is 2.65. The van der Waals surface area contributed by atoms with Gasteiger partial charge in [0.1, 0.15) is 5.75 Å². The number of ether oxygens (including phenoxy) is 1. The number of benzene rings is 1. The molecule has 0 aromatic heterocycles. The number of hydrogen-bond donors (Lipinski definition) is 2. The molecule has 0 bridgehead atoms. The third-order valence-corrected chi connectivity index (χ3v) is 2.77. The molecule has 4 heteroatoms. The summed E-state index contributed by atoms with van der Waals surface area (Å²) in [5, 5.41) is 19.0. The fourth-order valence-corrected chi connectivity index (χ4v) is 1.86. The Morgan fingerprint density at radius 2 is 1.75 bits per heavy atom. The molecule has 4 nitrogen and oxygen atoms in total. The predicted molar refractivity (Wildman–Crippen MR) is 56.9 cm³/mol. The van der Waals surface area contributed by atoms with Crippen molar-refractivity contribution in [1.29, 1.82) is 0 Å². The van der Waals surface area contributed by atoms with Crippen molar-refractivity contribution in [2.45, 2.75) is 31.5 Å². The maximum absolute atomic E-state index is 11.7. The molecule has 0 amide bonds. The van der Waals surface area contributed by atoms with E-state index in [-0.39, 0.29) is 5.75 Å². The predicted octanol–water partition coefficient (Wildman–Crippen LogP) is 1.81. The maximum atomic E-state index is 11.7.